The Morgan fingerprint density at radius 2 is 1.67 bits per heavy atom. The molecule has 0 fully saturated rings. The Bertz CT molecular complexity index is 601. The molecule has 0 aromatic heterocycles. The lowest BCUT2D eigenvalue weighted by Gasteiger charge is -2.20. The Hall–Kier alpha value is -1.75. The number of halogens is 1. The van der Waals surface area contributed by atoms with Crippen LogP contribution in [0.4, 0.5) is 0 Å². The van der Waals surface area contributed by atoms with Gasteiger partial charge in [-0.25, -0.2) is 0 Å². The average Bonchev–Trinajstić information content (AvgIpc) is 2.36. The molecule has 1 aromatic carbocycles. The van der Waals surface area contributed by atoms with Gasteiger partial charge in [-0.3, -0.25) is 14.4 Å². The first-order valence-corrected chi connectivity index (χ1v) is 6.05. The maximum Gasteiger partial charge on any atom is 0.310 e. The van der Waals surface area contributed by atoms with Gasteiger partial charge in [0.1, 0.15) is 0 Å². The van der Waals surface area contributed by atoms with Crippen molar-refractivity contribution in [2.75, 3.05) is 0 Å². The summed E-state index contributed by atoms with van der Waals surface area (Å²) in [7, 11) is 0. The van der Waals surface area contributed by atoms with Gasteiger partial charge in [0, 0.05) is 16.7 Å². The number of aliphatic carboxylic acids is 1. The van der Waals surface area contributed by atoms with Crippen molar-refractivity contribution >= 4 is 33.5 Å². The quantitative estimate of drug-likeness (QED) is 0.911. The predicted molar refractivity (Wildman–Crippen MR) is 67.9 cm³/mol. The van der Waals surface area contributed by atoms with E-state index in [1.165, 1.54) is 13.0 Å². The second-order valence-electron chi connectivity index (χ2n) is 3.99. The molecule has 5 heteroatoms. The maximum atomic E-state index is 12.2. The highest BCUT2D eigenvalue weighted by Gasteiger charge is 2.35. The van der Waals surface area contributed by atoms with E-state index in [4.69, 9.17) is 5.11 Å². The fourth-order valence-corrected chi connectivity index (χ4v) is 2.61. The van der Waals surface area contributed by atoms with Crippen molar-refractivity contribution in [3.05, 3.63) is 45.4 Å². The number of fused-ring (bicyclic) bond motifs is 1. The van der Waals surface area contributed by atoms with Gasteiger partial charge in [0.25, 0.3) is 0 Å². The third kappa shape index (κ3) is 1.80. The number of rotatable bonds is 2. The van der Waals surface area contributed by atoms with Gasteiger partial charge in [-0.2, -0.15) is 0 Å². The predicted octanol–water partition coefficient (Wildman–Crippen LogP) is 2.44. The van der Waals surface area contributed by atoms with Gasteiger partial charge in [0.2, 0.25) is 5.78 Å². The van der Waals surface area contributed by atoms with Crippen LogP contribution in [0.2, 0.25) is 0 Å². The Morgan fingerprint density at radius 3 is 2.17 bits per heavy atom. The summed E-state index contributed by atoms with van der Waals surface area (Å²) in [6.07, 6.45) is 0. The Labute approximate surface area is 111 Å². The highest BCUT2D eigenvalue weighted by molar-refractivity contribution is 9.12. The highest BCUT2D eigenvalue weighted by Crippen LogP contribution is 2.33. The van der Waals surface area contributed by atoms with Gasteiger partial charge in [0.05, 0.1) is 10.4 Å². The molecule has 2 rings (SSSR count). The number of carboxylic acids is 1. The molecule has 0 radical (unpaired) electrons. The smallest absolute Gasteiger partial charge is 0.310 e. The van der Waals surface area contributed by atoms with E-state index in [0.717, 1.165) is 0 Å². The number of hydrogen-bond acceptors (Lipinski definition) is 3. The van der Waals surface area contributed by atoms with E-state index in [2.05, 4.69) is 15.9 Å². The number of carbonyl (C=O) groups is 3. The standard InChI is InChI=1S/C13H9BrO4/c1-6(13(17)18)9-10(14)12(16)8-5-3-2-4-7(8)11(9)15/h2-6H,1H3,(H,17,18). The molecule has 1 aromatic rings. The molecule has 0 bridgehead atoms. The topological polar surface area (TPSA) is 71.4 Å². The van der Waals surface area contributed by atoms with Gasteiger partial charge < -0.3 is 5.11 Å². The third-order valence-electron chi connectivity index (χ3n) is 2.90. The maximum absolute atomic E-state index is 12.2. The molecule has 0 aliphatic heterocycles. The molecule has 18 heavy (non-hydrogen) atoms. The minimum absolute atomic E-state index is 0.00574. The Morgan fingerprint density at radius 1 is 1.17 bits per heavy atom. The van der Waals surface area contributed by atoms with E-state index in [0.29, 0.717) is 5.56 Å². The zero-order chi connectivity index (χ0) is 13.4. The van der Waals surface area contributed by atoms with E-state index in [1.807, 2.05) is 0 Å². The zero-order valence-corrected chi connectivity index (χ0v) is 11.0. The van der Waals surface area contributed by atoms with Crippen LogP contribution in [0.15, 0.2) is 34.3 Å². The minimum Gasteiger partial charge on any atom is -0.481 e. The van der Waals surface area contributed by atoms with Crippen LogP contribution in [-0.4, -0.2) is 22.6 Å². The number of carbonyl (C=O) groups excluding carboxylic acids is 2. The second kappa shape index (κ2) is 4.49. The zero-order valence-electron chi connectivity index (χ0n) is 9.44. The molecule has 0 spiro atoms. The Kier molecular flexibility index (Phi) is 3.17. The van der Waals surface area contributed by atoms with Crippen molar-refractivity contribution in [2.24, 2.45) is 5.92 Å². The normalized spacial score (nSPS) is 16.6. The second-order valence-corrected chi connectivity index (χ2v) is 4.78. The summed E-state index contributed by atoms with van der Waals surface area (Å²) in [5.74, 6) is -2.92. The van der Waals surface area contributed by atoms with Crippen LogP contribution in [0.1, 0.15) is 27.6 Å². The Balaban J connectivity index is 2.64. The molecule has 1 unspecified atom stereocenters. The van der Waals surface area contributed by atoms with E-state index >= 15 is 0 Å². The fraction of sp³-hybridized carbons (Fsp3) is 0.154. The van der Waals surface area contributed by atoms with E-state index in [-0.39, 0.29) is 21.4 Å². The number of benzene rings is 1. The van der Waals surface area contributed by atoms with Crippen molar-refractivity contribution < 1.29 is 19.5 Å². The van der Waals surface area contributed by atoms with Crippen LogP contribution in [0, 0.1) is 5.92 Å². The van der Waals surface area contributed by atoms with Crippen LogP contribution in [-0.2, 0) is 4.79 Å². The molecule has 0 saturated heterocycles. The molecule has 1 atom stereocenters. The summed E-state index contributed by atoms with van der Waals surface area (Å²) in [5.41, 5.74) is 0.565. The van der Waals surface area contributed by atoms with Crippen LogP contribution in [0.25, 0.3) is 0 Å². The van der Waals surface area contributed by atoms with Gasteiger partial charge in [-0.1, -0.05) is 24.3 Å². The van der Waals surface area contributed by atoms with Gasteiger partial charge in [-0.15, -0.1) is 0 Å². The lowest BCUT2D eigenvalue weighted by atomic mass is 9.84. The monoisotopic (exact) mass is 308 g/mol. The summed E-state index contributed by atoms with van der Waals surface area (Å²) in [5, 5.41) is 8.99. The average molecular weight is 309 g/mol. The SMILES string of the molecule is CC(C(=O)O)C1=C(Br)C(=O)c2ccccc2C1=O. The minimum atomic E-state index is -1.14. The summed E-state index contributed by atoms with van der Waals surface area (Å²) < 4.78 is 0.0427. The molecular weight excluding hydrogens is 300 g/mol. The van der Waals surface area contributed by atoms with Crippen molar-refractivity contribution in [3.8, 4) is 0 Å². The van der Waals surface area contributed by atoms with Crippen LogP contribution >= 0.6 is 15.9 Å². The van der Waals surface area contributed by atoms with Gasteiger partial charge in [0.15, 0.2) is 5.78 Å². The number of allylic oxidation sites excluding steroid dienone is 1. The van der Waals surface area contributed by atoms with Crippen molar-refractivity contribution in [2.45, 2.75) is 6.92 Å². The molecule has 0 saturated carbocycles. The van der Waals surface area contributed by atoms with Crippen LogP contribution in [0.3, 0.4) is 0 Å². The molecule has 0 heterocycles. The van der Waals surface area contributed by atoms with E-state index in [1.54, 1.807) is 18.2 Å². The van der Waals surface area contributed by atoms with Crippen LogP contribution < -0.4 is 0 Å². The molecule has 1 N–H and O–H groups in total. The lowest BCUT2D eigenvalue weighted by molar-refractivity contribution is -0.139. The van der Waals surface area contributed by atoms with Gasteiger partial charge in [-0.05, 0) is 22.9 Å². The van der Waals surface area contributed by atoms with Crippen LogP contribution in [0.5, 0.6) is 0 Å². The number of carboxylic acid groups (broad SMARTS) is 1. The molecule has 0 amide bonds. The van der Waals surface area contributed by atoms with E-state index in [9.17, 15) is 14.4 Å². The summed E-state index contributed by atoms with van der Waals surface area (Å²) >= 11 is 3.05. The number of Topliss-reactive ketones (excluding diaryl/α,β-unsaturated/α-hetero) is 2. The molecule has 1 aliphatic carbocycles. The first-order valence-electron chi connectivity index (χ1n) is 5.26. The van der Waals surface area contributed by atoms with Crippen molar-refractivity contribution in [1.29, 1.82) is 0 Å². The first kappa shape index (κ1) is 12.7. The first-order chi connectivity index (χ1) is 8.45. The van der Waals surface area contributed by atoms with E-state index < -0.39 is 17.7 Å². The van der Waals surface area contributed by atoms with Gasteiger partial charge >= 0.3 is 5.97 Å². The van der Waals surface area contributed by atoms with Crippen molar-refractivity contribution in [1.82, 2.24) is 0 Å². The molecular formula is C13H9BrO4. The third-order valence-corrected chi connectivity index (χ3v) is 3.69. The largest absolute Gasteiger partial charge is 0.481 e. The summed E-state index contributed by atoms with van der Waals surface area (Å²) in [4.78, 5) is 35.3. The molecule has 92 valence electrons. The molecule has 4 nitrogen and oxygen atoms in total. The number of ketones is 2. The van der Waals surface area contributed by atoms with Crippen molar-refractivity contribution in [3.63, 3.8) is 0 Å². The summed E-state index contributed by atoms with van der Waals surface area (Å²) in [6, 6.07) is 6.39. The highest BCUT2D eigenvalue weighted by atomic mass is 79.9. The lowest BCUT2D eigenvalue weighted by Crippen LogP contribution is -2.26. The number of hydrogen-bond donors (Lipinski definition) is 1. The molecule has 1 aliphatic rings. The fourth-order valence-electron chi connectivity index (χ4n) is 1.87. The summed E-state index contributed by atoms with van der Waals surface area (Å²) in [6.45, 7) is 1.39.